The van der Waals surface area contributed by atoms with Crippen molar-refractivity contribution in [3.63, 3.8) is 0 Å². The summed E-state index contributed by atoms with van der Waals surface area (Å²) < 4.78 is 12.5. The van der Waals surface area contributed by atoms with Gasteiger partial charge < -0.3 is 9.47 Å². The van der Waals surface area contributed by atoms with Crippen LogP contribution >= 0.6 is 39.3 Å². The van der Waals surface area contributed by atoms with Gasteiger partial charge in [0.25, 0.3) is 11.8 Å². The van der Waals surface area contributed by atoms with E-state index in [1.165, 1.54) is 6.08 Å². The third kappa shape index (κ3) is 6.74. The highest BCUT2D eigenvalue weighted by Gasteiger charge is 2.36. The quantitative estimate of drug-likeness (QED) is 0.133. The summed E-state index contributed by atoms with van der Waals surface area (Å²) in [6.07, 6.45) is 1.43. The van der Waals surface area contributed by atoms with Gasteiger partial charge in [-0.1, -0.05) is 33.6 Å². The lowest BCUT2D eigenvalue weighted by atomic mass is 10.1. The van der Waals surface area contributed by atoms with E-state index in [4.69, 9.17) is 21.1 Å². The first-order valence-corrected chi connectivity index (χ1v) is 13.5. The van der Waals surface area contributed by atoms with E-state index in [2.05, 4.69) is 21.2 Å². The van der Waals surface area contributed by atoms with Gasteiger partial charge in [-0.25, -0.2) is 9.69 Å². The number of imide groups is 2. The predicted molar refractivity (Wildman–Crippen MR) is 148 cm³/mol. The highest BCUT2D eigenvalue weighted by molar-refractivity contribution is 9.10. The van der Waals surface area contributed by atoms with Crippen LogP contribution in [-0.4, -0.2) is 36.8 Å². The number of halogens is 2. The number of carbonyl (C=O) groups is 3. The van der Waals surface area contributed by atoms with E-state index in [0.717, 1.165) is 14.3 Å². The molecule has 0 radical (unpaired) electrons. The van der Waals surface area contributed by atoms with Gasteiger partial charge in [0.1, 0.15) is 5.57 Å². The molecular formula is C27H22BrClN2O5S. The number of urea groups is 1. The SMILES string of the molecule is CCOc1cc(/C=C2/C(=O)NC(=O)N(c3ccc(Br)cc3)C2=O)ccc1OCCSc1ccc(Cl)cc1. The molecule has 10 heteroatoms. The molecule has 0 aliphatic carbocycles. The highest BCUT2D eigenvalue weighted by Crippen LogP contribution is 2.31. The normalized spacial score (nSPS) is 14.6. The molecule has 1 aliphatic heterocycles. The molecule has 0 spiro atoms. The van der Waals surface area contributed by atoms with Crippen LogP contribution in [0.3, 0.4) is 0 Å². The van der Waals surface area contributed by atoms with Crippen molar-refractivity contribution in [2.45, 2.75) is 11.8 Å². The van der Waals surface area contributed by atoms with Crippen molar-refractivity contribution >= 4 is 68.9 Å². The summed E-state index contributed by atoms with van der Waals surface area (Å²) >= 11 is 10.9. The first-order chi connectivity index (χ1) is 17.9. The van der Waals surface area contributed by atoms with Gasteiger partial charge in [0.2, 0.25) is 0 Å². The molecule has 4 amide bonds. The fourth-order valence-corrected chi connectivity index (χ4v) is 4.61. The maximum Gasteiger partial charge on any atom is 0.335 e. The second kappa shape index (κ2) is 12.3. The number of rotatable bonds is 9. The second-order valence-corrected chi connectivity index (χ2v) is 10.2. The van der Waals surface area contributed by atoms with Crippen molar-refractivity contribution < 1.29 is 23.9 Å². The maximum atomic E-state index is 13.1. The Morgan fingerprint density at radius 3 is 2.41 bits per heavy atom. The monoisotopic (exact) mass is 600 g/mol. The third-order valence-electron chi connectivity index (χ3n) is 5.19. The molecule has 1 aliphatic rings. The highest BCUT2D eigenvalue weighted by atomic mass is 79.9. The van der Waals surface area contributed by atoms with Gasteiger partial charge in [0, 0.05) is 20.1 Å². The van der Waals surface area contributed by atoms with Crippen molar-refractivity contribution in [2.24, 2.45) is 0 Å². The molecule has 1 fully saturated rings. The van der Waals surface area contributed by atoms with Crippen molar-refractivity contribution in [3.8, 4) is 11.5 Å². The first-order valence-electron chi connectivity index (χ1n) is 11.3. The summed E-state index contributed by atoms with van der Waals surface area (Å²) in [6, 6.07) is 18.6. The van der Waals surface area contributed by atoms with Crippen molar-refractivity contribution in [3.05, 3.63) is 87.4 Å². The maximum absolute atomic E-state index is 13.1. The molecule has 0 unspecified atom stereocenters. The van der Waals surface area contributed by atoms with Crippen LogP contribution in [0.1, 0.15) is 12.5 Å². The largest absolute Gasteiger partial charge is 0.490 e. The molecule has 1 N–H and O–H groups in total. The summed E-state index contributed by atoms with van der Waals surface area (Å²) in [5, 5.41) is 2.92. The van der Waals surface area contributed by atoms with Crippen LogP contribution in [0, 0.1) is 0 Å². The minimum atomic E-state index is -0.801. The Morgan fingerprint density at radius 2 is 1.70 bits per heavy atom. The van der Waals surface area contributed by atoms with E-state index in [9.17, 15) is 14.4 Å². The van der Waals surface area contributed by atoms with Crippen LogP contribution in [0.5, 0.6) is 11.5 Å². The van der Waals surface area contributed by atoms with Gasteiger partial charge in [-0.3, -0.25) is 14.9 Å². The number of hydrogen-bond acceptors (Lipinski definition) is 6. The summed E-state index contributed by atoms with van der Waals surface area (Å²) in [4.78, 5) is 40.1. The minimum Gasteiger partial charge on any atom is -0.490 e. The Kier molecular flexibility index (Phi) is 8.91. The first kappa shape index (κ1) is 26.8. The van der Waals surface area contributed by atoms with Gasteiger partial charge in [-0.15, -0.1) is 11.8 Å². The molecule has 0 saturated carbocycles. The lowest BCUT2D eigenvalue weighted by Gasteiger charge is -2.26. The van der Waals surface area contributed by atoms with E-state index >= 15 is 0 Å². The van der Waals surface area contributed by atoms with Crippen molar-refractivity contribution in [1.29, 1.82) is 0 Å². The molecule has 3 aromatic rings. The molecule has 0 aromatic heterocycles. The molecule has 1 heterocycles. The number of nitrogens with one attached hydrogen (secondary N) is 1. The Balaban J connectivity index is 1.50. The Bertz CT molecular complexity index is 1350. The summed E-state index contributed by atoms with van der Waals surface area (Å²) in [7, 11) is 0. The van der Waals surface area contributed by atoms with Crippen LogP contribution in [-0.2, 0) is 9.59 Å². The van der Waals surface area contributed by atoms with Gasteiger partial charge in [-0.05, 0) is 79.2 Å². The number of anilines is 1. The summed E-state index contributed by atoms with van der Waals surface area (Å²) in [6.45, 7) is 2.70. The van der Waals surface area contributed by atoms with Gasteiger partial charge in [0.15, 0.2) is 11.5 Å². The van der Waals surface area contributed by atoms with Gasteiger partial charge in [0.05, 0.1) is 18.9 Å². The van der Waals surface area contributed by atoms with Gasteiger partial charge >= 0.3 is 6.03 Å². The molecule has 4 rings (SSSR count). The Labute approximate surface area is 231 Å². The van der Waals surface area contributed by atoms with Crippen LogP contribution in [0.2, 0.25) is 5.02 Å². The number of ether oxygens (including phenoxy) is 2. The molecule has 190 valence electrons. The number of thioether (sulfide) groups is 1. The van der Waals surface area contributed by atoms with Crippen molar-refractivity contribution in [2.75, 3.05) is 23.9 Å². The molecule has 1 saturated heterocycles. The molecule has 3 aromatic carbocycles. The van der Waals surface area contributed by atoms with E-state index in [-0.39, 0.29) is 5.57 Å². The number of hydrogen-bond donors (Lipinski definition) is 1. The molecule has 37 heavy (non-hydrogen) atoms. The number of carbonyl (C=O) groups excluding carboxylic acids is 3. The smallest absolute Gasteiger partial charge is 0.335 e. The average Bonchev–Trinajstić information content (AvgIpc) is 2.87. The second-order valence-electron chi connectivity index (χ2n) is 7.72. The molecule has 0 atom stereocenters. The molecular weight excluding hydrogens is 580 g/mol. The number of benzene rings is 3. The molecule has 7 nitrogen and oxygen atoms in total. The number of nitrogens with zero attached hydrogens (tertiary/aromatic N) is 1. The van der Waals surface area contributed by atoms with Crippen LogP contribution < -0.4 is 19.7 Å². The molecule has 0 bridgehead atoms. The lowest BCUT2D eigenvalue weighted by molar-refractivity contribution is -0.122. The van der Waals surface area contributed by atoms with E-state index in [1.807, 2.05) is 31.2 Å². The summed E-state index contributed by atoms with van der Waals surface area (Å²) in [5.74, 6) is 0.271. The topological polar surface area (TPSA) is 84.9 Å². The average molecular weight is 602 g/mol. The van der Waals surface area contributed by atoms with E-state index in [1.54, 1.807) is 54.2 Å². The van der Waals surface area contributed by atoms with Crippen LogP contribution in [0.4, 0.5) is 10.5 Å². The summed E-state index contributed by atoms with van der Waals surface area (Å²) in [5.41, 5.74) is 0.729. The zero-order valence-corrected chi connectivity index (χ0v) is 22.9. The Hall–Kier alpha value is -3.27. The fraction of sp³-hybridized carbons (Fsp3) is 0.148. The lowest BCUT2D eigenvalue weighted by Crippen LogP contribution is -2.54. The number of amides is 4. The zero-order valence-electron chi connectivity index (χ0n) is 19.7. The Morgan fingerprint density at radius 1 is 0.973 bits per heavy atom. The van der Waals surface area contributed by atoms with E-state index in [0.29, 0.717) is 46.7 Å². The number of barbiturate groups is 1. The predicted octanol–water partition coefficient (Wildman–Crippen LogP) is 6.34. The van der Waals surface area contributed by atoms with E-state index < -0.39 is 17.8 Å². The van der Waals surface area contributed by atoms with Crippen molar-refractivity contribution in [1.82, 2.24) is 5.32 Å². The third-order valence-corrected chi connectivity index (χ3v) is 6.95. The van der Waals surface area contributed by atoms with Crippen LogP contribution in [0.25, 0.3) is 6.08 Å². The minimum absolute atomic E-state index is 0.169. The van der Waals surface area contributed by atoms with Crippen LogP contribution in [0.15, 0.2) is 81.7 Å². The zero-order chi connectivity index (χ0) is 26.4. The van der Waals surface area contributed by atoms with Gasteiger partial charge in [-0.2, -0.15) is 0 Å². The standard InChI is InChI=1S/C27H22BrClN2O5S/c1-2-35-24-16-17(3-12-23(24)36-13-14-37-21-10-6-19(29)7-11-21)15-22-25(32)30-27(34)31(26(22)33)20-8-4-18(28)5-9-20/h3-12,15-16H,2,13-14H2,1H3,(H,30,32,34)/b22-15-. The fourth-order valence-electron chi connectivity index (χ4n) is 3.49.